The minimum Gasteiger partial charge on any atom is -0.354 e. The van der Waals surface area contributed by atoms with Gasteiger partial charge in [-0.2, -0.15) is 0 Å². The molecule has 1 aliphatic heterocycles. The summed E-state index contributed by atoms with van der Waals surface area (Å²) in [6, 6.07) is 10.1. The van der Waals surface area contributed by atoms with Crippen molar-refractivity contribution in [3.63, 3.8) is 0 Å². The number of amides is 2. The molecule has 1 fully saturated rings. The highest BCUT2D eigenvalue weighted by atomic mass is 16.2. The molecule has 25 heavy (non-hydrogen) atoms. The molecule has 138 valence electrons. The first kappa shape index (κ1) is 19.4. The predicted octanol–water partition coefficient (Wildman–Crippen LogP) is 1.97. The van der Waals surface area contributed by atoms with Gasteiger partial charge in [-0.3, -0.25) is 14.5 Å². The van der Waals surface area contributed by atoms with E-state index in [4.69, 9.17) is 0 Å². The van der Waals surface area contributed by atoms with Crippen molar-refractivity contribution in [1.82, 2.24) is 15.5 Å². The molecule has 0 saturated carbocycles. The van der Waals surface area contributed by atoms with E-state index in [0.29, 0.717) is 19.0 Å². The minimum atomic E-state index is -0.477. The average molecular weight is 345 g/mol. The van der Waals surface area contributed by atoms with E-state index in [-0.39, 0.29) is 11.8 Å². The Balaban J connectivity index is 1.67. The van der Waals surface area contributed by atoms with Crippen LogP contribution >= 0.6 is 0 Å². The van der Waals surface area contributed by atoms with Crippen LogP contribution < -0.4 is 10.6 Å². The summed E-state index contributed by atoms with van der Waals surface area (Å²) in [7, 11) is 0. The van der Waals surface area contributed by atoms with E-state index in [2.05, 4.69) is 39.8 Å². The topological polar surface area (TPSA) is 61.4 Å². The van der Waals surface area contributed by atoms with Gasteiger partial charge in [0.05, 0.1) is 6.54 Å². The van der Waals surface area contributed by atoms with Crippen molar-refractivity contribution in [3.8, 4) is 0 Å². The molecule has 0 bridgehead atoms. The van der Waals surface area contributed by atoms with Gasteiger partial charge in [0.2, 0.25) is 11.8 Å². The van der Waals surface area contributed by atoms with Gasteiger partial charge in [0, 0.05) is 6.54 Å². The first-order chi connectivity index (χ1) is 12.1. The molecule has 1 heterocycles. The first-order valence-electron chi connectivity index (χ1n) is 9.41. The number of piperidine rings is 1. The van der Waals surface area contributed by atoms with Crippen LogP contribution in [0, 0.1) is 5.92 Å². The molecule has 0 radical (unpaired) electrons. The maximum Gasteiger partial charge on any atom is 0.242 e. The van der Waals surface area contributed by atoms with Gasteiger partial charge in [0.25, 0.3) is 0 Å². The third-order valence-electron chi connectivity index (χ3n) is 4.76. The van der Waals surface area contributed by atoms with Crippen molar-refractivity contribution in [2.24, 2.45) is 5.92 Å². The van der Waals surface area contributed by atoms with E-state index < -0.39 is 6.04 Å². The number of hydrogen-bond donors (Lipinski definition) is 2. The van der Waals surface area contributed by atoms with Gasteiger partial charge in [-0.1, -0.05) is 37.3 Å². The second-order valence-electron chi connectivity index (χ2n) is 6.99. The molecule has 5 nitrogen and oxygen atoms in total. The van der Waals surface area contributed by atoms with E-state index in [1.54, 1.807) is 6.92 Å². The lowest BCUT2D eigenvalue weighted by Gasteiger charge is -2.31. The molecular formula is C20H31N3O2. The van der Waals surface area contributed by atoms with Gasteiger partial charge in [-0.25, -0.2) is 0 Å². The second kappa shape index (κ2) is 10.2. The van der Waals surface area contributed by atoms with Crippen LogP contribution in [0.5, 0.6) is 0 Å². The van der Waals surface area contributed by atoms with E-state index in [9.17, 15) is 9.59 Å². The molecule has 0 aliphatic carbocycles. The van der Waals surface area contributed by atoms with Crippen LogP contribution in [0.3, 0.4) is 0 Å². The van der Waals surface area contributed by atoms with E-state index >= 15 is 0 Å². The Kier molecular flexibility index (Phi) is 7.92. The lowest BCUT2D eigenvalue weighted by atomic mass is 9.90. The molecule has 1 atom stereocenters. The smallest absolute Gasteiger partial charge is 0.242 e. The molecule has 2 N–H and O–H groups in total. The normalized spacial score (nSPS) is 17.0. The van der Waals surface area contributed by atoms with Gasteiger partial charge in [-0.15, -0.1) is 0 Å². The molecule has 2 rings (SSSR count). The average Bonchev–Trinajstić information content (AvgIpc) is 2.62. The molecule has 0 spiro atoms. The molecule has 5 heteroatoms. The summed E-state index contributed by atoms with van der Waals surface area (Å²) in [5, 5.41) is 5.60. The van der Waals surface area contributed by atoms with E-state index in [0.717, 1.165) is 38.8 Å². The SMILES string of the molecule is CCCNC(=O)[C@@H](C)NC(=O)CN1CCC(Cc2ccccc2)CC1. The van der Waals surface area contributed by atoms with Crippen LogP contribution in [0.15, 0.2) is 30.3 Å². The van der Waals surface area contributed by atoms with Gasteiger partial charge in [-0.05, 0) is 57.2 Å². The third-order valence-corrected chi connectivity index (χ3v) is 4.76. The fourth-order valence-corrected chi connectivity index (χ4v) is 3.25. The van der Waals surface area contributed by atoms with Crippen molar-refractivity contribution in [2.45, 2.75) is 45.6 Å². The lowest BCUT2D eigenvalue weighted by Crippen LogP contribution is -2.49. The Hall–Kier alpha value is -1.88. The maximum absolute atomic E-state index is 12.1. The molecule has 1 aromatic rings. The van der Waals surface area contributed by atoms with Gasteiger partial charge in [0.15, 0.2) is 0 Å². The predicted molar refractivity (Wildman–Crippen MR) is 100 cm³/mol. The van der Waals surface area contributed by atoms with E-state index in [1.807, 2.05) is 13.0 Å². The molecule has 2 amide bonds. The minimum absolute atomic E-state index is 0.0688. The largest absolute Gasteiger partial charge is 0.354 e. The zero-order valence-corrected chi connectivity index (χ0v) is 15.5. The highest BCUT2D eigenvalue weighted by Crippen LogP contribution is 2.21. The fourth-order valence-electron chi connectivity index (χ4n) is 3.25. The number of carbonyl (C=O) groups is 2. The summed E-state index contributed by atoms with van der Waals surface area (Å²) in [5.41, 5.74) is 1.39. The monoisotopic (exact) mass is 345 g/mol. The fraction of sp³-hybridized carbons (Fsp3) is 0.600. The molecule has 1 aromatic carbocycles. The van der Waals surface area contributed by atoms with Crippen LogP contribution in [0.2, 0.25) is 0 Å². The van der Waals surface area contributed by atoms with Crippen molar-refractivity contribution in [3.05, 3.63) is 35.9 Å². The number of hydrogen-bond acceptors (Lipinski definition) is 3. The molecule has 1 aliphatic rings. The summed E-state index contributed by atoms with van der Waals surface area (Å²) in [6.07, 6.45) is 4.25. The maximum atomic E-state index is 12.1. The summed E-state index contributed by atoms with van der Waals surface area (Å²) >= 11 is 0. The van der Waals surface area contributed by atoms with Crippen LogP contribution in [0.25, 0.3) is 0 Å². The summed E-state index contributed by atoms with van der Waals surface area (Å²) < 4.78 is 0. The Bertz CT molecular complexity index is 539. The number of carbonyl (C=O) groups excluding carboxylic acids is 2. The zero-order chi connectivity index (χ0) is 18.1. The van der Waals surface area contributed by atoms with Crippen molar-refractivity contribution >= 4 is 11.8 Å². The van der Waals surface area contributed by atoms with Crippen LogP contribution in [0.4, 0.5) is 0 Å². The number of rotatable bonds is 8. The molecule has 0 aromatic heterocycles. The number of nitrogens with one attached hydrogen (secondary N) is 2. The van der Waals surface area contributed by atoms with Gasteiger partial charge in [0.1, 0.15) is 6.04 Å². The highest BCUT2D eigenvalue weighted by Gasteiger charge is 2.22. The standard InChI is InChI=1S/C20H31N3O2/c1-3-11-21-20(25)16(2)22-19(24)15-23-12-9-18(10-13-23)14-17-7-5-4-6-8-17/h4-8,16,18H,3,9-15H2,1-2H3,(H,21,25)(H,22,24)/t16-/m1/s1. The summed E-state index contributed by atoms with van der Waals surface area (Å²) in [5.74, 6) is 0.512. The Morgan fingerprint density at radius 1 is 1.20 bits per heavy atom. The van der Waals surface area contributed by atoms with Gasteiger partial charge < -0.3 is 10.6 Å². The Labute approximate surface area is 151 Å². The summed E-state index contributed by atoms with van der Waals surface area (Å²) in [6.45, 7) is 6.65. The van der Waals surface area contributed by atoms with Crippen molar-refractivity contribution in [2.75, 3.05) is 26.2 Å². The second-order valence-corrected chi connectivity index (χ2v) is 6.99. The van der Waals surface area contributed by atoms with E-state index in [1.165, 1.54) is 5.56 Å². The molecule has 0 unspecified atom stereocenters. The Morgan fingerprint density at radius 3 is 2.52 bits per heavy atom. The van der Waals surface area contributed by atoms with Gasteiger partial charge >= 0.3 is 0 Å². The number of benzene rings is 1. The van der Waals surface area contributed by atoms with Crippen LogP contribution in [-0.2, 0) is 16.0 Å². The molecule has 1 saturated heterocycles. The number of nitrogens with zero attached hydrogens (tertiary/aromatic N) is 1. The highest BCUT2D eigenvalue weighted by molar-refractivity contribution is 5.87. The molecular weight excluding hydrogens is 314 g/mol. The van der Waals surface area contributed by atoms with Crippen LogP contribution in [-0.4, -0.2) is 48.9 Å². The summed E-state index contributed by atoms with van der Waals surface area (Å²) in [4.78, 5) is 26.1. The third kappa shape index (κ3) is 6.86. The quantitative estimate of drug-likeness (QED) is 0.757. The lowest BCUT2D eigenvalue weighted by molar-refractivity contribution is -0.129. The van der Waals surface area contributed by atoms with Crippen LogP contribution in [0.1, 0.15) is 38.7 Å². The van der Waals surface area contributed by atoms with Crippen molar-refractivity contribution in [1.29, 1.82) is 0 Å². The number of likely N-dealkylation sites (tertiary alicyclic amines) is 1. The first-order valence-corrected chi connectivity index (χ1v) is 9.41. The zero-order valence-electron chi connectivity index (χ0n) is 15.5. The van der Waals surface area contributed by atoms with Crippen molar-refractivity contribution < 1.29 is 9.59 Å². The Morgan fingerprint density at radius 2 is 1.88 bits per heavy atom.